The van der Waals surface area contributed by atoms with E-state index in [1.807, 2.05) is 12.1 Å². The Morgan fingerprint density at radius 3 is 2.80 bits per heavy atom. The van der Waals surface area contributed by atoms with Crippen LogP contribution in [0.2, 0.25) is 0 Å². The summed E-state index contributed by atoms with van der Waals surface area (Å²) < 4.78 is 0. The van der Waals surface area contributed by atoms with Gasteiger partial charge in [-0.1, -0.05) is 30.3 Å². The van der Waals surface area contributed by atoms with E-state index in [9.17, 15) is 9.90 Å². The van der Waals surface area contributed by atoms with E-state index in [1.165, 1.54) is 11.3 Å². The number of hydrazone groups is 1. The minimum Gasteiger partial charge on any atom is -0.507 e. The van der Waals surface area contributed by atoms with Gasteiger partial charge in [0.25, 0.3) is 0 Å². The van der Waals surface area contributed by atoms with Crippen LogP contribution in [0.4, 0.5) is 5.69 Å². The summed E-state index contributed by atoms with van der Waals surface area (Å²) in [5, 5.41) is 13.9. The lowest BCUT2D eigenvalue weighted by atomic mass is 10.0. The van der Waals surface area contributed by atoms with Gasteiger partial charge in [-0.3, -0.25) is 4.79 Å². The van der Waals surface area contributed by atoms with Crippen LogP contribution in [-0.2, 0) is 11.2 Å². The molecular weight excluding hydrogens is 314 g/mol. The minimum atomic E-state index is -0.127. The fourth-order valence-corrected chi connectivity index (χ4v) is 3.12. The van der Waals surface area contributed by atoms with E-state index in [4.69, 9.17) is 0 Å². The zero-order chi connectivity index (χ0) is 17.6. The number of aromatic hydroxyl groups is 1. The number of nitrogens with zero attached hydrogens (tertiary/aromatic N) is 2. The van der Waals surface area contributed by atoms with E-state index in [-0.39, 0.29) is 11.7 Å². The number of aryl methyl sites for hydroxylation is 1. The molecule has 0 saturated carbocycles. The first kappa shape index (κ1) is 17.0. The van der Waals surface area contributed by atoms with Crippen molar-refractivity contribution in [2.45, 2.75) is 26.2 Å². The molecule has 3 rings (SSSR count). The van der Waals surface area contributed by atoms with E-state index in [2.05, 4.69) is 33.6 Å². The standard InChI is InChI=1S/C20H23N3O2/c1-15(17-9-3-5-11-19(17)24)21-22-20(25)12-14-23-13-6-8-16-7-2-4-10-18(16)23/h2-5,7,9-11,24H,6,8,12-14H2,1H3,(H,22,25)/b21-15+. The highest BCUT2D eigenvalue weighted by atomic mass is 16.3. The first-order valence-electron chi connectivity index (χ1n) is 8.59. The molecule has 0 spiro atoms. The lowest BCUT2D eigenvalue weighted by Gasteiger charge is -2.31. The van der Waals surface area contributed by atoms with Crippen LogP contribution in [0.3, 0.4) is 0 Å². The van der Waals surface area contributed by atoms with E-state index < -0.39 is 0 Å². The third kappa shape index (κ3) is 4.18. The molecule has 2 N–H and O–H groups in total. The Balaban J connectivity index is 1.56. The fourth-order valence-electron chi connectivity index (χ4n) is 3.12. The Morgan fingerprint density at radius 2 is 1.96 bits per heavy atom. The molecule has 130 valence electrons. The molecule has 0 aliphatic carbocycles. The fraction of sp³-hybridized carbons (Fsp3) is 0.300. The van der Waals surface area contributed by atoms with Gasteiger partial charge in [0.2, 0.25) is 5.91 Å². The average molecular weight is 337 g/mol. The van der Waals surface area contributed by atoms with Gasteiger partial charge in [-0.2, -0.15) is 5.10 Å². The van der Waals surface area contributed by atoms with Crippen LogP contribution < -0.4 is 10.3 Å². The normalized spacial score (nSPS) is 14.1. The van der Waals surface area contributed by atoms with E-state index >= 15 is 0 Å². The maximum atomic E-state index is 12.1. The molecule has 1 heterocycles. The van der Waals surface area contributed by atoms with Crippen LogP contribution in [0.1, 0.15) is 30.9 Å². The number of phenolic OH excluding ortho intramolecular Hbond substituents is 1. The molecule has 2 aromatic rings. The predicted molar refractivity (Wildman–Crippen MR) is 100 cm³/mol. The Bertz CT molecular complexity index is 786. The second-order valence-electron chi connectivity index (χ2n) is 6.22. The Kier molecular flexibility index (Phi) is 5.33. The largest absolute Gasteiger partial charge is 0.507 e. The number of hydrogen-bond acceptors (Lipinski definition) is 4. The highest BCUT2D eigenvalue weighted by molar-refractivity contribution is 6.01. The van der Waals surface area contributed by atoms with Gasteiger partial charge in [0.05, 0.1) is 5.71 Å². The summed E-state index contributed by atoms with van der Waals surface area (Å²) in [6.07, 6.45) is 2.60. The zero-order valence-electron chi connectivity index (χ0n) is 14.4. The third-order valence-electron chi connectivity index (χ3n) is 4.46. The van der Waals surface area contributed by atoms with Crippen LogP contribution >= 0.6 is 0 Å². The molecule has 0 saturated heterocycles. The van der Waals surface area contributed by atoms with Gasteiger partial charge in [0, 0.05) is 30.8 Å². The predicted octanol–water partition coefficient (Wildman–Crippen LogP) is 3.08. The summed E-state index contributed by atoms with van der Waals surface area (Å²) in [6.45, 7) is 3.41. The molecule has 0 unspecified atom stereocenters. The molecule has 1 amide bonds. The van der Waals surface area contributed by atoms with Crippen LogP contribution in [0.15, 0.2) is 53.6 Å². The van der Waals surface area contributed by atoms with Crippen molar-refractivity contribution in [2.75, 3.05) is 18.0 Å². The SMILES string of the molecule is C/C(=N\NC(=O)CCN1CCCc2ccccc21)c1ccccc1O. The molecule has 1 aliphatic heterocycles. The van der Waals surface area contributed by atoms with E-state index in [1.54, 1.807) is 25.1 Å². The number of para-hydroxylation sites is 2. The molecule has 0 atom stereocenters. The number of anilines is 1. The highest BCUT2D eigenvalue weighted by Crippen LogP contribution is 2.26. The second-order valence-corrected chi connectivity index (χ2v) is 6.22. The minimum absolute atomic E-state index is 0.127. The van der Waals surface area contributed by atoms with Crippen molar-refractivity contribution < 1.29 is 9.90 Å². The Hall–Kier alpha value is -2.82. The van der Waals surface area contributed by atoms with Crippen LogP contribution in [0, 0.1) is 0 Å². The monoisotopic (exact) mass is 337 g/mol. The number of hydrogen-bond donors (Lipinski definition) is 2. The first-order valence-corrected chi connectivity index (χ1v) is 8.59. The molecule has 0 aromatic heterocycles. The summed E-state index contributed by atoms with van der Waals surface area (Å²) in [6, 6.07) is 15.3. The number of benzene rings is 2. The molecule has 0 bridgehead atoms. The summed E-state index contributed by atoms with van der Waals surface area (Å²) in [5.41, 5.74) is 6.36. The van der Waals surface area contributed by atoms with Crippen molar-refractivity contribution >= 4 is 17.3 Å². The summed E-state index contributed by atoms with van der Waals surface area (Å²) in [4.78, 5) is 14.4. The summed E-state index contributed by atoms with van der Waals surface area (Å²) in [7, 11) is 0. The quantitative estimate of drug-likeness (QED) is 0.651. The van der Waals surface area contributed by atoms with E-state index in [0.717, 1.165) is 19.4 Å². The number of amides is 1. The molecule has 25 heavy (non-hydrogen) atoms. The topological polar surface area (TPSA) is 64.9 Å². The molecule has 0 fully saturated rings. The van der Waals surface area contributed by atoms with Gasteiger partial charge in [-0.15, -0.1) is 0 Å². The number of fused-ring (bicyclic) bond motifs is 1. The lowest BCUT2D eigenvalue weighted by Crippen LogP contribution is -2.33. The van der Waals surface area contributed by atoms with Crippen LogP contribution in [0.5, 0.6) is 5.75 Å². The number of phenols is 1. The smallest absolute Gasteiger partial charge is 0.241 e. The molecule has 5 nitrogen and oxygen atoms in total. The van der Waals surface area contributed by atoms with Crippen molar-refractivity contribution in [2.24, 2.45) is 5.10 Å². The van der Waals surface area contributed by atoms with Gasteiger partial charge >= 0.3 is 0 Å². The molecule has 5 heteroatoms. The van der Waals surface area contributed by atoms with Crippen molar-refractivity contribution in [1.82, 2.24) is 5.43 Å². The number of carbonyl (C=O) groups excluding carboxylic acids is 1. The number of rotatable bonds is 5. The van der Waals surface area contributed by atoms with Crippen LogP contribution in [0.25, 0.3) is 0 Å². The average Bonchev–Trinajstić information content (AvgIpc) is 2.64. The molecule has 0 radical (unpaired) electrons. The highest BCUT2D eigenvalue weighted by Gasteiger charge is 2.16. The van der Waals surface area contributed by atoms with Crippen molar-refractivity contribution in [3.05, 3.63) is 59.7 Å². The first-order chi connectivity index (χ1) is 12.1. The van der Waals surface area contributed by atoms with Crippen molar-refractivity contribution in [3.63, 3.8) is 0 Å². The van der Waals surface area contributed by atoms with Gasteiger partial charge in [0.15, 0.2) is 0 Å². The van der Waals surface area contributed by atoms with E-state index in [0.29, 0.717) is 24.2 Å². The molecular formula is C20H23N3O2. The summed E-state index contributed by atoms with van der Waals surface area (Å²) >= 11 is 0. The maximum absolute atomic E-state index is 12.1. The van der Waals surface area contributed by atoms with Gasteiger partial charge in [-0.25, -0.2) is 5.43 Å². The number of nitrogens with one attached hydrogen (secondary N) is 1. The van der Waals surface area contributed by atoms with Gasteiger partial charge in [0.1, 0.15) is 5.75 Å². The molecule has 2 aromatic carbocycles. The number of carbonyl (C=O) groups is 1. The van der Waals surface area contributed by atoms with Crippen LogP contribution in [-0.4, -0.2) is 29.8 Å². The Morgan fingerprint density at radius 1 is 1.20 bits per heavy atom. The van der Waals surface area contributed by atoms with Crippen molar-refractivity contribution in [1.29, 1.82) is 0 Å². The zero-order valence-corrected chi connectivity index (χ0v) is 14.4. The van der Waals surface area contributed by atoms with Gasteiger partial charge in [-0.05, 0) is 43.5 Å². The lowest BCUT2D eigenvalue weighted by molar-refractivity contribution is -0.120. The second kappa shape index (κ2) is 7.83. The van der Waals surface area contributed by atoms with Gasteiger partial charge < -0.3 is 10.0 Å². The third-order valence-corrected chi connectivity index (χ3v) is 4.46. The summed E-state index contributed by atoms with van der Waals surface area (Å²) in [5.74, 6) is 0.0285. The molecule has 1 aliphatic rings. The Labute approximate surface area is 148 Å². The maximum Gasteiger partial charge on any atom is 0.241 e. The van der Waals surface area contributed by atoms with Crippen molar-refractivity contribution in [3.8, 4) is 5.75 Å².